The third-order valence-electron chi connectivity index (χ3n) is 7.72. The largest absolute Gasteiger partial charge is 0.494 e. The van der Waals surface area contributed by atoms with E-state index in [1.165, 1.54) is 82.6 Å². The molecule has 0 atom stereocenters. The van der Waals surface area contributed by atoms with E-state index in [9.17, 15) is 4.39 Å². The van der Waals surface area contributed by atoms with Crippen LogP contribution in [0.4, 0.5) is 4.39 Å². The Bertz CT molecular complexity index is 592. The quantitative estimate of drug-likeness (QED) is 0.328. The molecule has 0 bridgehead atoms. The molecule has 0 spiro atoms. The Morgan fingerprint density at radius 2 is 1.43 bits per heavy atom. The summed E-state index contributed by atoms with van der Waals surface area (Å²) in [5.74, 6) is 4.37. The molecular formula is C28H43FO. The molecule has 0 aliphatic heterocycles. The zero-order valence-corrected chi connectivity index (χ0v) is 19.2. The van der Waals surface area contributed by atoms with Gasteiger partial charge in [-0.05, 0) is 92.7 Å². The first-order valence-electron chi connectivity index (χ1n) is 12.8. The minimum absolute atomic E-state index is 0.721. The Balaban J connectivity index is 1.31. The van der Waals surface area contributed by atoms with Crippen LogP contribution in [0.5, 0.6) is 5.75 Å². The molecule has 0 radical (unpaired) electrons. The lowest BCUT2D eigenvalue weighted by molar-refractivity contribution is 0.231. The molecule has 30 heavy (non-hydrogen) atoms. The molecule has 0 amide bonds. The van der Waals surface area contributed by atoms with Gasteiger partial charge >= 0.3 is 0 Å². The summed E-state index contributed by atoms with van der Waals surface area (Å²) in [5, 5.41) is 0. The first kappa shape index (κ1) is 23.4. The van der Waals surface area contributed by atoms with E-state index < -0.39 is 0 Å². The van der Waals surface area contributed by atoms with Crippen molar-refractivity contribution in [2.45, 2.75) is 103 Å². The molecule has 2 fully saturated rings. The second-order valence-electron chi connectivity index (χ2n) is 9.90. The molecule has 1 aromatic rings. The van der Waals surface area contributed by atoms with Gasteiger partial charge in [0.2, 0.25) is 0 Å². The molecule has 3 rings (SSSR count). The zero-order valence-electron chi connectivity index (χ0n) is 19.2. The third kappa shape index (κ3) is 7.75. The van der Waals surface area contributed by atoms with E-state index in [-0.39, 0.29) is 0 Å². The fraction of sp³-hybridized carbons (Fsp3) is 0.714. The van der Waals surface area contributed by atoms with Crippen LogP contribution in [0.25, 0.3) is 0 Å². The molecule has 0 aromatic heterocycles. The summed E-state index contributed by atoms with van der Waals surface area (Å²) >= 11 is 0. The van der Waals surface area contributed by atoms with Crippen molar-refractivity contribution in [1.29, 1.82) is 0 Å². The Morgan fingerprint density at radius 1 is 0.833 bits per heavy atom. The van der Waals surface area contributed by atoms with Crippen molar-refractivity contribution >= 4 is 0 Å². The number of rotatable bonds is 11. The Morgan fingerprint density at radius 3 is 2.03 bits per heavy atom. The van der Waals surface area contributed by atoms with Crippen LogP contribution in [-0.2, 0) is 0 Å². The topological polar surface area (TPSA) is 9.23 Å². The van der Waals surface area contributed by atoms with Gasteiger partial charge in [0.1, 0.15) is 5.75 Å². The number of hydrogen-bond acceptors (Lipinski definition) is 1. The smallest absolute Gasteiger partial charge is 0.119 e. The van der Waals surface area contributed by atoms with Crippen LogP contribution in [0.2, 0.25) is 0 Å². The van der Waals surface area contributed by atoms with Gasteiger partial charge in [0.05, 0.1) is 12.9 Å². The van der Waals surface area contributed by atoms with E-state index in [0.717, 1.165) is 55.2 Å². The molecule has 0 saturated heterocycles. The van der Waals surface area contributed by atoms with Gasteiger partial charge in [0, 0.05) is 0 Å². The minimum atomic E-state index is 0.721. The lowest BCUT2D eigenvalue weighted by Crippen LogP contribution is -2.17. The van der Waals surface area contributed by atoms with Gasteiger partial charge in [-0.25, -0.2) is 4.39 Å². The summed E-state index contributed by atoms with van der Waals surface area (Å²) in [7, 11) is 0. The van der Waals surface area contributed by atoms with Crippen molar-refractivity contribution in [3.63, 3.8) is 0 Å². The minimum Gasteiger partial charge on any atom is -0.494 e. The molecular weight excluding hydrogens is 371 g/mol. The molecule has 1 aromatic carbocycles. The first-order chi connectivity index (χ1) is 14.8. The van der Waals surface area contributed by atoms with Crippen molar-refractivity contribution < 1.29 is 9.13 Å². The van der Waals surface area contributed by atoms with Crippen molar-refractivity contribution in [2.75, 3.05) is 6.61 Å². The van der Waals surface area contributed by atoms with E-state index in [1.807, 2.05) is 0 Å². The first-order valence-corrected chi connectivity index (χ1v) is 12.8. The van der Waals surface area contributed by atoms with Crippen LogP contribution in [0.3, 0.4) is 0 Å². The molecule has 0 heterocycles. The summed E-state index contributed by atoms with van der Waals surface area (Å²) in [6.07, 6.45) is 20.7. The Hall–Kier alpha value is -1.31. The highest BCUT2D eigenvalue weighted by Crippen LogP contribution is 2.40. The normalized spacial score (nSPS) is 27.4. The van der Waals surface area contributed by atoms with E-state index >= 15 is 0 Å². The van der Waals surface area contributed by atoms with Crippen molar-refractivity contribution in [3.8, 4) is 5.75 Å². The van der Waals surface area contributed by atoms with Crippen molar-refractivity contribution in [1.82, 2.24) is 0 Å². The summed E-state index contributed by atoms with van der Waals surface area (Å²) in [6, 6.07) is 8.95. The highest BCUT2D eigenvalue weighted by molar-refractivity contribution is 5.29. The lowest BCUT2D eigenvalue weighted by atomic mass is 9.74. The average Bonchev–Trinajstić information content (AvgIpc) is 2.81. The number of benzene rings is 1. The lowest BCUT2D eigenvalue weighted by Gasteiger charge is -2.32. The van der Waals surface area contributed by atoms with Crippen LogP contribution >= 0.6 is 0 Å². The van der Waals surface area contributed by atoms with Crippen LogP contribution in [0, 0.1) is 17.8 Å². The SMILES string of the molecule is CCCCCOc1ccc([C@H]2CC[C@H](CC[C@H]3CC[C@H](C/C=C/F)CC3)CC2)cc1. The highest BCUT2D eigenvalue weighted by Gasteiger charge is 2.25. The maximum absolute atomic E-state index is 12.2. The Kier molecular flexibility index (Phi) is 10.3. The molecule has 0 unspecified atom stereocenters. The van der Waals surface area contributed by atoms with E-state index in [0.29, 0.717) is 0 Å². The van der Waals surface area contributed by atoms with Crippen molar-refractivity contribution in [2.24, 2.45) is 17.8 Å². The summed E-state index contributed by atoms with van der Waals surface area (Å²) in [6.45, 7) is 3.07. The summed E-state index contributed by atoms with van der Waals surface area (Å²) < 4.78 is 18.1. The fourth-order valence-corrected chi connectivity index (χ4v) is 5.63. The maximum atomic E-state index is 12.2. The van der Waals surface area contributed by atoms with Crippen molar-refractivity contribution in [3.05, 3.63) is 42.2 Å². The van der Waals surface area contributed by atoms with Crippen LogP contribution in [0.1, 0.15) is 108 Å². The van der Waals surface area contributed by atoms with Gasteiger partial charge in [0.15, 0.2) is 0 Å². The summed E-state index contributed by atoms with van der Waals surface area (Å²) in [4.78, 5) is 0. The van der Waals surface area contributed by atoms with Gasteiger partial charge in [-0.2, -0.15) is 0 Å². The average molecular weight is 415 g/mol. The molecule has 0 N–H and O–H groups in total. The van der Waals surface area contributed by atoms with Gasteiger partial charge in [-0.15, -0.1) is 0 Å². The van der Waals surface area contributed by atoms with Crippen LogP contribution < -0.4 is 4.74 Å². The predicted octanol–water partition coefficient (Wildman–Crippen LogP) is 8.99. The number of hydrogen-bond donors (Lipinski definition) is 0. The molecule has 2 aliphatic carbocycles. The van der Waals surface area contributed by atoms with Crippen LogP contribution in [-0.4, -0.2) is 6.61 Å². The number of unbranched alkanes of at least 4 members (excludes halogenated alkanes) is 2. The highest BCUT2D eigenvalue weighted by atomic mass is 19.1. The zero-order chi connectivity index (χ0) is 21.0. The third-order valence-corrected chi connectivity index (χ3v) is 7.72. The monoisotopic (exact) mass is 414 g/mol. The molecule has 2 heteroatoms. The van der Waals surface area contributed by atoms with Gasteiger partial charge < -0.3 is 4.74 Å². The van der Waals surface area contributed by atoms with Gasteiger partial charge in [-0.1, -0.05) is 63.7 Å². The second kappa shape index (κ2) is 13.2. The number of halogens is 1. The molecule has 1 nitrogen and oxygen atoms in total. The molecule has 2 aliphatic rings. The number of allylic oxidation sites excluding steroid dienone is 1. The van der Waals surface area contributed by atoms with Gasteiger partial charge in [-0.3, -0.25) is 0 Å². The molecule has 2 saturated carbocycles. The van der Waals surface area contributed by atoms with E-state index in [2.05, 4.69) is 31.2 Å². The maximum Gasteiger partial charge on any atom is 0.119 e. The predicted molar refractivity (Wildman–Crippen MR) is 126 cm³/mol. The Labute approximate surface area is 184 Å². The van der Waals surface area contributed by atoms with Gasteiger partial charge in [0.25, 0.3) is 0 Å². The van der Waals surface area contributed by atoms with E-state index in [4.69, 9.17) is 4.74 Å². The fourth-order valence-electron chi connectivity index (χ4n) is 5.63. The van der Waals surface area contributed by atoms with Crippen LogP contribution in [0.15, 0.2) is 36.7 Å². The molecule has 168 valence electrons. The second-order valence-corrected chi connectivity index (χ2v) is 9.90. The summed E-state index contributed by atoms with van der Waals surface area (Å²) in [5.41, 5.74) is 1.51. The standard InChI is InChI=1S/C28H43FO/c1-2-3-4-22-30-28-19-17-27(18-20-28)26-15-13-25(14-16-26)12-11-24-9-7-23(8-10-24)6-5-21-29/h5,17-21,23-26H,2-4,6-16,22H2,1H3/b21-5+/t23-,24-,25-,26-. The van der Waals surface area contributed by atoms with E-state index in [1.54, 1.807) is 6.08 Å². The number of ether oxygens (including phenoxy) is 1.